The van der Waals surface area contributed by atoms with Gasteiger partial charge in [-0.15, -0.1) is 0 Å². The van der Waals surface area contributed by atoms with E-state index in [1.807, 2.05) is 0 Å². The number of hydrogen-bond acceptors (Lipinski definition) is 7. The minimum Gasteiger partial charge on any atom is -0.307 e. The van der Waals surface area contributed by atoms with Gasteiger partial charge in [0.25, 0.3) is 0 Å². The molecule has 0 saturated heterocycles. The molecule has 9 nitrogen and oxygen atoms in total. The lowest BCUT2D eigenvalue weighted by atomic mass is 10.4. The van der Waals surface area contributed by atoms with Gasteiger partial charge in [0.2, 0.25) is 20.0 Å². The highest BCUT2D eigenvalue weighted by molar-refractivity contribution is 9.10. The van der Waals surface area contributed by atoms with E-state index in [1.54, 1.807) is 0 Å². The number of hydrazine groups is 1. The molecule has 0 fully saturated rings. The van der Waals surface area contributed by atoms with Gasteiger partial charge in [0.15, 0.2) is 5.82 Å². The largest absolute Gasteiger partial charge is 0.307 e. The summed E-state index contributed by atoms with van der Waals surface area (Å²) >= 11 is 3.13. The minimum absolute atomic E-state index is 0.0139. The number of nitrogens with zero attached hydrogens (tertiary/aromatic N) is 1. The average molecular weight is 402 g/mol. The molecule has 0 amide bonds. The highest BCUT2D eigenvalue weighted by atomic mass is 79.9. The van der Waals surface area contributed by atoms with Crippen LogP contribution in [-0.2, 0) is 20.0 Å². The van der Waals surface area contributed by atoms with Crippen LogP contribution in [0.2, 0.25) is 0 Å². The van der Waals surface area contributed by atoms with Gasteiger partial charge < -0.3 is 5.43 Å². The molecule has 12 heteroatoms. The summed E-state index contributed by atoms with van der Waals surface area (Å²) in [6.45, 7) is 0.210. The van der Waals surface area contributed by atoms with Crippen molar-refractivity contribution in [2.24, 2.45) is 5.84 Å². The Kier molecular flexibility index (Phi) is 6.49. The van der Waals surface area contributed by atoms with Crippen LogP contribution in [0.15, 0.2) is 21.6 Å². The van der Waals surface area contributed by atoms with Crippen molar-refractivity contribution in [3.8, 4) is 0 Å². The monoisotopic (exact) mass is 401 g/mol. The first-order valence-electron chi connectivity index (χ1n) is 5.72. The van der Waals surface area contributed by atoms with Gasteiger partial charge in [-0.25, -0.2) is 37.1 Å². The third-order valence-electron chi connectivity index (χ3n) is 2.26. The van der Waals surface area contributed by atoms with Gasteiger partial charge in [-0.2, -0.15) is 0 Å². The van der Waals surface area contributed by atoms with Crippen LogP contribution in [0.25, 0.3) is 0 Å². The molecule has 5 N–H and O–H groups in total. The standard InChI is InChI=1S/C9H16BrN5O4S2/c1-20(16,17)13-3-2-4-14-21(18,19)8-5-7(10)6-12-9(8)15-11/h5-6,13-14H,2-4,11H2,1H3,(H,12,15). The molecule has 0 unspecified atom stereocenters. The van der Waals surface area contributed by atoms with Gasteiger partial charge in [-0.05, 0) is 28.4 Å². The zero-order chi connectivity index (χ0) is 16.1. The second kappa shape index (κ2) is 7.47. The minimum atomic E-state index is -3.80. The summed E-state index contributed by atoms with van der Waals surface area (Å²) in [6.07, 6.45) is 2.74. The maximum atomic E-state index is 12.1. The van der Waals surface area contributed by atoms with Crippen molar-refractivity contribution < 1.29 is 16.8 Å². The lowest BCUT2D eigenvalue weighted by molar-refractivity contribution is 0.575. The zero-order valence-electron chi connectivity index (χ0n) is 11.1. The summed E-state index contributed by atoms with van der Waals surface area (Å²) < 4.78 is 51.0. The van der Waals surface area contributed by atoms with E-state index < -0.39 is 20.0 Å². The highest BCUT2D eigenvalue weighted by Gasteiger charge is 2.19. The Hall–Kier alpha value is -0.790. The normalized spacial score (nSPS) is 12.3. The maximum Gasteiger partial charge on any atom is 0.244 e. The first kappa shape index (κ1) is 18.3. The zero-order valence-corrected chi connectivity index (χ0v) is 14.3. The Balaban J connectivity index is 2.68. The molecular weight excluding hydrogens is 386 g/mol. The fourth-order valence-electron chi connectivity index (χ4n) is 1.36. The first-order valence-corrected chi connectivity index (χ1v) is 9.89. The van der Waals surface area contributed by atoms with Crippen LogP contribution < -0.4 is 20.7 Å². The predicted molar refractivity (Wildman–Crippen MR) is 82.4 cm³/mol. The fourth-order valence-corrected chi connectivity index (χ4v) is 3.58. The molecule has 0 saturated carbocycles. The van der Waals surface area contributed by atoms with Gasteiger partial charge >= 0.3 is 0 Å². The number of rotatable bonds is 8. The Morgan fingerprint density at radius 1 is 1.24 bits per heavy atom. The Labute approximate surface area is 131 Å². The number of hydrogen-bond donors (Lipinski definition) is 4. The molecule has 1 rings (SSSR count). The fraction of sp³-hybridized carbons (Fsp3) is 0.444. The summed E-state index contributed by atoms with van der Waals surface area (Å²) in [6, 6.07) is 1.36. The number of nitrogens with one attached hydrogen (secondary N) is 3. The van der Waals surface area contributed by atoms with Gasteiger partial charge in [0.1, 0.15) is 4.90 Å². The summed E-state index contributed by atoms with van der Waals surface area (Å²) in [4.78, 5) is 3.74. The van der Waals surface area contributed by atoms with Crippen molar-refractivity contribution in [1.82, 2.24) is 14.4 Å². The first-order chi connectivity index (χ1) is 9.65. The van der Waals surface area contributed by atoms with Gasteiger partial charge in [0, 0.05) is 23.8 Å². The van der Waals surface area contributed by atoms with Crippen molar-refractivity contribution in [3.63, 3.8) is 0 Å². The van der Waals surface area contributed by atoms with Crippen LogP contribution in [-0.4, -0.2) is 41.2 Å². The molecule has 21 heavy (non-hydrogen) atoms. The van der Waals surface area contributed by atoms with Crippen LogP contribution >= 0.6 is 15.9 Å². The molecule has 1 heterocycles. The quantitative estimate of drug-likeness (QED) is 0.257. The van der Waals surface area contributed by atoms with E-state index >= 15 is 0 Å². The van der Waals surface area contributed by atoms with Crippen LogP contribution in [0.4, 0.5) is 5.82 Å². The molecule has 1 aromatic heterocycles. The lowest BCUT2D eigenvalue weighted by Crippen LogP contribution is -2.30. The van der Waals surface area contributed by atoms with Crippen LogP contribution in [0.5, 0.6) is 0 Å². The molecule has 0 aliphatic rings. The van der Waals surface area contributed by atoms with Crippen molar-refractivity contribution in [3.05, 3.63) is 16.7 Å². The number of nitrogen functional groups attached to an aromatic ring is 1. The number of nitrogens with two attached hydrogens (primary N) is 1. The second-order valence-electron chi connectivity index (χ2n) is 4.06. The molecule has 0 atom stereocenters. The Morgan fingerprint density at radius 3 is 2.43 bits per heavy atom. The summed E-state index contributed by atoms with van der Waals surface area (Å²) in [7, 11) is -7.08. The number of pyridine rings is 1. The Bertz CT molecular complexity index is 692. The number of halogens is 1. The SMILES string of the molecule is CS(=O)(=O)NCCCNS(=O)(=O)c1cc(Br)cnc1NN. The van der Waals surface area contributed by atoms with Crippen molar-refractivity contribution in [2.45, 2.75) is 11.3 Å². The predicted octanol–water partition coefficient (Wildman–Crippen LogP) is -0.653. The van der Waals surface area contributed by atoms with E-state index in [9.17, 15) is 16.8 Å². The van der Waals surface area contributed by atoms with E-state index in [4.69, 9.17) is 5.84 Å². The maximum absolute atomic E-state index is 12.1. The molecule has 120 valence electrons. The Morgan fingerprint density at radius 2 is 1.86 bits per heavy atom. The number of aromatic nitrogens is 1. The molecular formula is C9H16BrN5O4S2. The molecule has 1 aromatic rings. The molecule has 0 aliphatic heterocycles. The van der Waals surface area contributed by atoms with Crippen LogP contribution in [0.3, 0.4) is 0 Å². The molecule has 0 aromatic carbocycles. The van der Waals surface area contributed by atoms with Gasteiger partial charge in [-0.3, -0.25) is 0 Å². The third kappa shape index (κ3) is 6.23. The van der Waals surface area contributed by atoms with Gasteiger partial charge in [0.05, 0.1) is 6.26 Å². The second-order valence-corrected chi connectivity index (χ2v) is 8.55. The molecule has 0 spiro atoms. The van der Waals surface area contributed by atoms with E-state index in [2.05, 4.69) is 35.8 Å². The van der Waals surface area contributed by atoms with Crippen LogP contribution in [0, 0.1) is 0 Å². The van der Waals surface area contributed by atoms with Crippen LogP contribution in [0.1, 0.15) is 6.42 Å². The van der Waals surface area contributed by atoms with E-state index in [0.717, 1.165) is 6.26 Å². The summed E-state index contributed by atoms with van der Waals surface area (Å²) in [5.74, 6) is 5.24. The third-order valence-corrected chi connectivity index (χ3v) is 4.89. The van der Waals surface area contributed by atoms with Crippen molar-refractivity contribution in [1.29, 1.82) is 0 Å². The molecule has 0 bridgehead atoms. The van der Waals surface area contributed by atoms with E-state index in [0.29, 0.717) is 10.9 Å². The molecule has 0 radical (unpaired) electrons. The summed E-state index contributed by atoms with van der Waals surface area (Å²) in [5, 5.41) is 0. The van der Waals surface area contributed by atoms with E-state index in [1.165, 1.54) is 12.3 Å². The summed E-state index contributed by atoms with van der Waals surface area (Å²) in [5.41, 5.74) is 2.21. The van der Waals surface area contributed by atoms with Crippen molar-refractivity contribution in [2.75, 3.05) is 24.8 Å². The number of anilines is 1. The van der Waals surface area contributed by atoms with E-state index in [-0.39, 0.29) is 23.8 Å². The smallest absolute Gasteiger partial charge is 0.244 e. The molecule has 0 aliphatic carbocycles. The van der Waals surface area contributed by atoms with Crippen molar-refractivity contribution >= 4 is 41.8 Å². The van der Waals surface area contributed by atoms with Gasteiger partial charge in [-0.1, -0.05) is 0 Å². The topological polar surface area (TPSA) is 143 Å². The highest BCUT2D eigenvalue weighted by Crippen LogP contribution is 2.21. The average Bonchev–Trinajstić information content (AvgIpc) is 2.36. The number of sulfonamides is 2. The lowest BCUT2D eigenvalue weighted by Gasteiger charge is -2.10.